The number of nitrogens with one attached hydrogen (secondary N) is 1. The zero-order chi connectivity index (χ0) is 10.4. The highest BCUT2D eigenvalue weighted by Gasteiger charge is 2.15. The summed E-state index contributed by atoms with van der Waals surface area (Å²) in [5, 5.41) is 2.19. The van der Waals surface area contributed by atoms with Gasteiger partial charge in [0.15, 0.2) is 0 Å². The number of hydrogen-bond acceptors (Lipinski definition) is 5. The van der Waals surface area contributed by atoms with Crippen LogP contribution in [-0.2, 0) is 14.3 Å². The van der Waals surface area contributed by atoms with Crippen molar-refractivity contribution in [2.45, 2.75) is 6.92 Å². The summed E-state index contributed by atoms with van der Waals surface area (Å²) in [5.74, 6) is -1.75. The fraction of sp³-hybridized carbons (Fsp3) is 0.250. The van der Waals surface area contributed by atoms with Gasteiger partial charge in [0, 0.05) is 12.4 Å². The van der Waals surface area contributed by atoms with Crippen LogP contribution in [0.3, 0.4) is 0 Å². The van der Waals surface area contributed by atoms with E-state index in [0.717, 1.165) is 0 Å². The maximum atomic E-state index is 11.0. The van der Waals surface area contributed by atoms with Gasteiger partial charge in [-0.25, -0.2) is 14.8 Å². The Morgan fingerprint density at radius 3 is 2.64 bits per heavy atom. The van der Waals surface area contributed by atoms with Crippen LogP contribution in [0.2, 0.25) is 0 Å². The molecule has 0 fully saturated rings. The molecule has 74 valence electrons. The van der Waals surface area contributed by atoms with Crippen LogP contribution in [0.15, 0.2) is 18.5 Å². The molecule has 0 radical (unpaired) electrons. The number of rotatable bonds is 2. The SMILES string of the molecule is CCOC(=O)C(=O)Nc1ncccn1. The second-order valence-corrected chi connectivity index (χ2v) is 2.25. The first kappa shape index (κ1) is 10.1. The van der Waals surface area contributed by atoms with Gasteiger partial charge in [0.2, 0.25) is 5.95 Å². The van der Waals surface area contributed by atoms with Gasteiger partial charge in [-0.05, 0) is 13.0 Å². The van der Waals surface area contributed by atoms with E-state index in [0.29, 0.717) is 0 Å². The van der Waals surface area contributed by atoms with E-state index in [4.69, 9.17) is 0 Å². The molecule has 1 aromatic rings. The van der Waals surface area contributed by atoms with Crippen molar-refractivity contribution < 1.29 is 14.3 Å². The number of hydrogen-bond donors (Lipinski definition) is 1. The molecule has 6 heteroatoms. The van der Waals surface area contributed by atoms with Crippen LogP contribution in [0.25, 0.3) is 0 Å². The Morgan fingerprint density at radius 2 is 2.07 bits per heavy atom. The number of ether oxygens (including phenoxy) is 1. The van der Waals surface area contributed by atoms with Crippen molar-refractivity contribution in [2.24, 2.45) is 0 Å². The summed E-state index contributed by atoms with van der Waals surface area (Å²) in [4.78, 5) is 29.3. The highest BCUT2D eigenvalue weighted by molar-refractivity contribution is 6.37. The van der Waals surface area contributed by atoms with Gasteiger partial charge in [-0.3, -0.25) is 10.1 Å². The summed E-state index contributed by atoms with van der Waals surface area (Å²) in [5.41, 5.74) is 0. The van der Waals surface area contributed by atoms with Gasteiger partial charge < -0.3 is 4.74 Å². The van der Waals surface area contributed by atoms with Crippen LogP contribution in [0.4, 0.5) is 5.95 Å². The van der Waals surface area contributed by atoms with E-state index < -0.39 is 11.9 Å². The number of esters is 1. The summed E-state index contributed by atoms with van der Waals surface area (Å²) in [6.45, 7) is 1.77. The molecule has 1 heterocycles. The molecule has 0 saturated carbocycles. The molecule has 0 bridgehead atoms. The summed E-state index contributed by atoms with van der Waals surface area (Å²) in [7, 11) is 0. The Kier molecular flexibility index (Phi) is 3.54. The molecule has 0 unspecified atom stereocenters. The van der Waals surface area contributed by atoms with Gasteiger partial charge in [0.05, 0.1) is 6.61 Å². The molecule has 1 rings (SSSR count). The molecule has 0 aromatic carbocycles. The van der Waals surface area contributed by atoms with Gasteiger partial charge in [0.1, 0.15) is 0 Å². The maximum absolute atomic E-state index is 11.0. The molecule has 0 atom stereocenters. The first-order chi connectivity index (χ1) is 6.74. The predicted molar refractivity (Wildman–Crippen MR) is 47.3 cm³/mol. The number of anilines is 1. The van der Waals surface area contributed by atoms with Crippen molar-refractivity contribution >= 4 is 17.8 Å². The van der Waals surface area contributed by atoms with Gasteiger partial charge in [-0.2, -0.15) is 0 Å². The molecule has 1 aromatic heterocycles. The van der Waals surface area contributed by atoms with Crippen LogP contribution in [0.1, 0.15) is 6.92 Å². The second-order valence-electron chi connectivity index (χ2n) is 2.25. The zero-order valence-electron chi connectivity index (χ0n) is 7.56. The standard InChI is InChI=1S/C8H9N3O3/c1-2-14-7(13)6(12)11-8-9-4-3-5-10-8/h3-5H,2H2,1H3,(H,9,10,11,12). The molecule has 14 heavy (non-hydrogen) atoms. The van der Waals surface area contributed by atoms with Crippen LogP contribution in [0, 0.1) is 0 Å². The second kappa shape index (κ2) is 4.90. The third-order valence-electron chi connectivity index (χ3n) is 1.25. The van der Waals surface area contributed by atoms with Crippen molar-refractivity contribution in [3.63, 3.8) is 0 Å². The summed E-state index contributed by atoms with van der Waals surface area (Å²) in [6, 6.07) is 1.60. The van der Waals surface area contributed by atoms with Crippen molar-refractivity contribution in [1.82, 2.24) is 9.97 Å². The highest BCUT2D eigenvalue weighted by Crippen LogP contribution is 1.94. The monoisotopic (exact) mass is 195 g/mol. The number of carbonyl (C=O) groups is 2. The number of nitrogens with zero attached hydrogens (tertiary/aromatic N) is 2. The van der Waals surface area contributed by atoms with Gasteiger partial charge in [-0.1, -0.05) is 0 Å². The highest BCUT2D eigenvalue weighted by atomic mass is 16.5. The molecular formula is C8H9N3O3. The molecule has 1 N–H and O–H groups in total. The summed E-state index contributed by atoms with van der Waals surface area (Å²) >= 11 is 0. The van der Waals surface area contributed by atoms with E-state index in [2.05, 4.69) is 20.0 Å². The third-order valence-corrected chi connectivity index (χ3v) is 1.25. The quantitative estimate of drug-likeness (QED) is 0.529. The lowest BCUT2D eigenvalue weighted by atomic mass is 10.6. The third kappa shape index (κ3) is 2.81. The molecule has 0 spiro atoms. The van der Waals surface area contributed by atoms with Gasteiger partial charge >= 0.3 is 11.9 Å². The fourth-order valence-electron chi connectivity index (χ4n) is 0.713. The zero-order valence-corrected chi connectivity index (χ0v) is 7.56. The lowest BCUT2D eigenvalue weighted by Crippen LogP contribution is -2.25. The molecule has 1 amide bonds. The van der Waals surface area contributed by atoms with E-state index >= 15 is 0 Å². The summed E-state index contributed by atoms with van der Waals surface area (Å²) < 4.78 is 4.47. The van der Waals surface area contributed by atoms with Crippen LogP contribution < -0.4 is 5.32 Å². The summed E-state index contributed by atoms with van der Waals surface area (Å²) in [6.07, 6.45) is 2.90. The van der Waals surface area contributed by atoms with E-state index in [1.165, 1.54) is 12.4 Å². The van der Waals surface area contributed by atoms with Gasteiger partial charge in [-0.15, -0.1) is 0 Å². The van der Waals surface area contributed by atoms with Crippen LogP contribution in [-0.4, -0.2) is 28.5 Å². The Bertz CT molecular complexity index is 326. The van der Waals surface area contributed by atoms with E-state index in [-0.39, 0.29) is 12.6 Å². The molecule has 0 aliphatic heterocycles. The Morgan fingerprint density at radius 1 is 1.43 bits per heavy atom. The van der Waals surface area contributed by atoms with Crippen molar-refractivity contribution in [1.29, 1.82) is 0 Å². The van der Waals surface area contributed by atoms with E-state index in [9.17, 15) is 9.59 Å². The Hall–Kier alpha value is -1.98. The largest absolute Gasteiger partial charge is 0.459 e. The predicted octanol–water partition coefficient (Wildman–Crippen LogP) is -0.0218. The van der Waals surface area contributed by atoms with Gasteiger partial charge in [0.25, 0.3) is 0 Å². The minimum Gasteiger partial charge on any atom is -0.459 e. The van der Waals surface area contributed by atoms with E-state index in [1.807, 2.05) is 0 Å². The number of amides is 1. The topological polar surface area (TPSA) is 81.2 Å². The van der Waals surface area contributed by atoms with Crippen molar-refractivity contribution in [3.8, 4) is 0 Å². The van der Waals surface area contributed by atoms with E-state index in [1.54, 1.807) is 13.0 Å². The molecule has 0 aliphatic rings. The molecule has 6 nitrogen and oxygen atoms in total. The average Bonchev–Trinajstić information content (AvgIpc) is 2.19. The average molecular weight is 195 g/mol. The van der Waals surface area contributed by atoms with Crippen molar-refractivity contribution in [3.05, 3.63) is 18.5 Å². The number of carbonyl (C=O) groups excluding carboxylic acids is 2. The van der Waals surface area contributed by atoms with Crippen LogP contribution >= 0.6 is 0 Å². The molecular weight excluding hydrogens is 186 g/mol. The molecule has 0 saturated heterocycles. The lowest BCUT2D eigenvalue weighted by Gasteiger charge is -2.01. The Labute approximate surface area is 80.3 Å². The van der Waals surface area contributed by atoms with Crippen molar-refractivity contribution in [2.75, 3.05) is 11.9 Å². The lowest BCUT2D eigenvalue weighted by molar-refractivity contribution is -0.152. The first-order valence-corrected chi connectivity index (χ1v) is 3.99. The smallest absolute Gasteiger partial charge is 0.397 e. The minimum absolute atomic E-state index is 0.0746. The normalized spacial score (nSPS) is 9.21. The molecule has 0 aliphatic carbocycles. The minimum atomic E-state index is -0.944. The first-order valence-electron chi connectivity index (χ1n) is 3.99. The maximum Gasteiger partial charge on any atom is 0.397 e. The number of aromatic nitrogens is 2. The Balaban J connectivity index is 2.53. The van der Waals surface area contributed by atoms with Crippen LogP contribution in [0.5, 0.6) is 0 Å². The fourth-order valence-corrected chi connectivity index (χ4v) is 0.713.